The molecule has 0 aliphatic carbocycles. The molecular weight excluding hydrogens is 210 g/mol. The Kier molecular flexibility index (Phi) is 3.35. The second kappa shape index (κ2) is 4.73. The predicted molar refractivity (Wildman–Crippen MR) is 64.1 cm³/mol. The van der Waals surface area contributed by atoms with Crippen molar-refractivity contribution in [3.63, 3.8) is 0 Å². The Balaban J connectivity index is 2.08. The molecule has 0 spiro atoms. The van der Waals surface area contributed by atoms with Crippen LogP contribution in [0.25, 0.3) is 0 Å². The fourth-order valence-corrected chi connectivity index (χ4v) is 3.13. The van der Waals surface area contributed by atoms with E-state index in [1.54, 1.807) is 11.3 Å². The van der Waals surface area contributed by atoms with Gasteiger partial charge in [-0.15, -0.1) is 22.7 Å². The summed E-state index contributed by atoms with van der Waals surface area (Å²) in [5.74, 6) is 0.494. The quantitative estimate of drug-likeness (QED) is 0.847. The van der Waals surface area contributed by atoms with E-state index in [1.165, 1.54) is 9.75 Å². The largest absolute Gasteiger partial charge is 0.330 e. The number of thiophene rings is 2. The molecule has 14 heavy (non-hydrogen) atoms. The molecule has 2 aromatic heterocycles. The zero-order valence-corrected chi connectivity index (χ0v) is 9.48. The molecule has 0 aliphatic rings. The fourth-order valence-electron chi connectivity index (χ4n) is 1.50. The summed E-state index contributed by atoms with van der Waals surface area (Å²) < 4.78 is 0. The summed E-state index contributed by atoms with van der Waals surface area (Å²) >= 11 is 3.62. The third-order valence-electron chi connectivity index (χ3n) is 2.26. The molecule has 0 fully saturated rings. The van der Waals surface area contributed by atoms with E-state index in [2.05, 4.69) is 35.0 Å². The van der Waals surface area contributed by atoms with E-state index in [-0.39, 0.29) is 0 Å². The normalized spacial score (nSPS) is 12.9. The molecule has 2 heterocycles. The Bertz CT molecular complexity index is 351. The molecule has 0 radical (unpaired) electrons. The summed E-state index contributed by atoms with van der Waals surface area (Å²) in [5.41, 5.74) is 5.79. The standard InChI is InChI=1S/C11H13NS2/c12-8-9(11-4-2-6-14-11)7-10-3-1-5-13-10/h1-6,9H,7-8,12H2. The van der Waals surface area contributed by atoms with E-state index in [1.807, 2.05) is 11.3 Å². The average Bonchev–Trinajstić information content (AvgIpc) is 2.86. The van der Waals surface area contributed by atoms with Crippen LogP contribution in [0.4, 0.5) is 0 Å². The van der Waals surface area contributed by atoms with Gasteiger partial charge in [-0.2, -0.15) is 0 Å². The van der Waals surface area contributed by atoms with Crippen molar-refractivity contribution < 1.29 is 0 Å². The molecule has 2 rings (SSSR count). The van der Waals surface area contributed by atoms with Gasteiger partial charge in [0.2, 0.25) is 0 Å². The van der Waals surface area contributed by atoms with Gasteiger partial charge in [0.1, 0.15) is 0 Å². The van der Waals surface area contributed by atoms with Gasteiger partial charge >= 0.3 is 0 Å². The first-order valence-corrected chi connectivity index (χ1v) is 6.42. The number of hydrogen-bond donors (Lipinski definition) is 1. The van der Waals surface area contributed by atoms with Crippen LogP contribution in [0.5, 0.6) is 0 Å². The van der Waals surface area contributed by atoms with Crippen molar-refractivity contribution in [2.45, 2.75) is 12.3 Å². The van der Waals surface area contributed by atoms with E-state index >= 15 is 0 Å². The van der Waals surface area contributed by atoms with Crippen LogP contribution < -0.4 is 5.73 Å². The molecule has 0 aliphatic heterocycles. The van der Waals surface area contributed by atoms with Crippen molar-refractivity contribution in [1.82, 2.24) is 0 Å². The van der Waals surface area contributed by atoms with Gasteiger partial charge in [0.25, 0.3) is 0 Å². The predicted octanol–water partition coefficient (Wildman–Crippen LogP) is 3.09. The van der Waals surface area contributed by atoms with Gasteiger partial charge in [-0.3, -0.25) is 0 Å². The molecule has 0 saturated carbocycles. The second-order valence-corrected chi connectivity index (χ2v) is 5.24. The van der Waals surface area contributed by atoms with Crippen LogP contribution in [-0.2, 0) is 6.42 Å². The molecule has 3 heteroatoms. The number of rotatable bonds is 4. The molecule has 1 atom stereocenters. The van der Waals surface area contributed by atoms with Crippen LogP contribution in [0.3, 0.4) is 0 Å². The number of nitrogens with two attached hydrogens (primary N) is 1. The fraction of sp³-hybridized carbons (Fsp3) is 0.273. The minimum absolute atomic E-state index is 0.494. The van der Waals surface area contributed by atoms with Gasteiger partial charge in [0, 0.05) is 22.2 Å². The maximum absolute atomic E-state index is 5.79. The summed E-state index contributed by atoms with van der Waals surface area (Å²) in [6, 6.07) is 8.55. The number of hydrogen-bond acceptors (Lipinski definition) is 3. The monoisotopic (exact) mass is 223 g/mol. The van der Waals surface area contributed by atoms with Gasteiger partial charge in [0.15, 0.2) is 0 Å². The highest BCUT2D eigenvalue weighted by Crippen LogP contribution is 2.25. The Morgan fingerprint density at radius 3 is 2.50 bits per heavy atom. The lowest BCUT2D eigenvalue weighted by Crippen LogP contribution is -2.13. The van der Waals surface area contributed by atoms with Crippen LogP contribution in [-0.4, -0.2) is 6.54 Å². The van der Waals surface area contributed by atoms with E-state index in [9.17, 15) is 0 Å². The lowest BCUT2D eigenvalue weighted by Gasteiger charge is -2.10. The van der Waals surface area contributed by atoms with Crippen molar-refractivity contribution in [1.29, 1.82) is 0 Å². The average molecular weight is 223 g/mol. The van der Waals surface area contributed by atoms with Crippen LogP contribution >= 0.6 is 22.7 Å². The first-order valence-electron chi connectivity index (χ1n) is 4.66. The summed E-state index contributed by atoms with van der Waals surface area (Å²) in [6.07, 6.45) is 1.08. The van der Waals surface area contributed by atoms with Gasteiger partial charge < -0.3 is 5.73 Å². The Morgan fingerprint density at radius 2 is 1.93 bits per heavy atom. The summed E-state index contributed by atoms with van der Waals surface area (Å²) in [7, 11) is 0. The van der Waals surface area contributed by atoms with Gasteiger partial charge in [0.05, 0.1) is 0 Å². The molecule has 0 aromatic carbocycles. The van der Waals surface area contributed by atoms with Gasteiger partial charge in [-0.1, -0.05) is 12.1 Å². The van der Waals surface area contributed by atoms with Crippen LogP contribution in [0.15, 0.2) is 35.0 Å². The topological polar surface area (TPSA) is 26.0 Å². The lowest BCUT2D eigenvalue weighted by molar-refractivity contribution is 0.714. The zero-order valence-electron chi connectivity index (χ0n) is 7.85. The first-order chi connectivity index (χ1) is 6.90. The Labute approximate surface area is 92.2 Å². The SMILES string of the molecule is NCC(Cc1cccs1)c1cccs1. The zero-order chi connectivity index (χ0) is 9.80. The van der Waals surface area contributed by atoms with Crippen LogP contribution in [0, 0.1) is 0 Å². The third kappa shape index (κ3) is 2.23. The van der Waals surface area contributed by atoms with E-state index in [0.717, 1.165) is 13.0 Å². The molecule has 0 amide bonds. The van der Waals surface area contributed by atoms with Crippen molar-refractivity contribution in [2.24, 2.45) is 5.73 Å². The minimum atomic E-state index is 0.494. The van der Waals surface area contributed by atoms with Crippen LogP contribution in [0.1, 0.15) is 15.7 Å². The molecule has 1 unspecified atom stereocenters. The van der Waals surface area contributed by atoms with E-state index < -0.39 is 0 Å². The van der Waals surface area contributed by atoms with Gasteiger partial charge in [-0.05, 0) is 29.3 Å². The van der Waals surface area contributed by atoms with Crippen molar-refractivity contribution in [2.75, 3.05) is 6.54 Å². The molecule has 2 aromatic rings. The smallest absolute Gasteiger partial charge is 0.0104 e. The van der Waals surface area contributed by atoms with Crippen molar-refractivity contribution in [3.05, 3.63) is 44.8 Å². The molecular formula is C11H13NS2. The highest BCUT2D eigenvalue weighted by atomic mass is 32.1. The minimum Gasteiger partial charge on any atom is -0.330 e. The molecule has 0 bridgehead atoms. The summed E-state index contributed by atoms with van der Waals surface area (Å²) in [6.45, 7) is 0.735. The lowest BCUT2D eigenvalue weighted by atomic mass is 10.0. The maximum Gasteiger partial charge on any atom is 0.0104 e. The highest BCUT2D eigenvalue weighted by molar-refractivity contribution is 7.10. The Morgan fingerprint density at radius 1 is 1.14 bits per heavy atom. The highest BCUT2D eigenvalue weighted by Gasteiger charge is 2.11. The second-order valence-electron chi connectivity index (χ2n) is 3.23. The first kappa shape index (κ1) is 9.90. The molecule has 2 N–H and O–H groups in total. The van der Waals surface area contributed by atoms with Crippen molar-refractivity contribution in [3.8, 4) is 0 Å². The van der Waals surface area contributed by atoms with Crippen molar-refractivity contribution >= 4 is 22.7 Å². The van der Waals surface area contributed by atoms with Gasteiger partial charge in [-0.25, -0.2) is 0 Å². The molecule has 0 saturated heterocycles. The summed E-state index contributed by atoms with van der Waals surface area (Å²) in [4.78, 5) is 2.83. The Hall–Kier alpha value is -0.640. The molecule has 74 valence electrons. The van der Waals surface area contributed by atoms with E-state index in [0.29, 0.717) is 5.92 Å². The third-order valence-corrected chi connectivity index (χ3v) is 4.19. The maximum atomic E-state index is 5.79. The van der Waals surface area contributed by atoms with Crippen LogP contribution in [0.2, 0.25) is 0 Å². The molecule has 1 nitrogen and oxygen atoms in total. The summed E-state index contributed by atoms with van der Waals surface area (Å²) in [5, 5.41) is 4.24. The van der Waals surface area contributed by atoms with E-state index in [4.69, 9.17) is 5.73 Å².